The molecule has 5 nitrogen and oxygen atoms in total. The highest BCUT2D eigenvalue weighted by Crippen LogP contribution is 2.27. The largest absolute Gasteiger partial charge is 0.479 e. The molecule has 0 aliphatic heterocycles. The van der Waals surface area contributed by atoms with Crippen LogP contribution in [0.2, 0.25) is 10.0 Å². The molecule has 0 saturated heterocycles. The van der Waals surface area contributed by atoms with Crippen molar-refractivity contribution in [1.29, 1.82) is 0 Å². The molecule has 0 aliphatic carbocycles. The summed E-state index contributed by atoms with van der Waals surface area (Å²) in [5.74, 6) is 1.89. The monoisotopic (exact) mass is 514 g/mol. The van der Waals surface area contributed by atoms with Gasteiger partial charge in [0.2, 0.25) is 0 Å². The standard InChI is InChI=1S/C21H22Cl2N2O3S2.C2H6/c1-13-11-16(6-8-19(13)28-14(2)21(26)27)29-9-4-10-30-25-20(24-3)15-5-7-17(22)18(23)12-15;1-2/h5-8,11-12,14H,3-4,9-10H2,1-2H3,(H,26,27);1-2H3/b25-20-;. The molecule has 2 aromatic rings. The van der Waals surface area contributed by atoms with E-state index in [1.807, 2.05) is 45.0 Å². The first-order chi connectivity index (χ1) is 15.3. The van der Waals surface area contributed by atoms with Gasteiger partial charge in [-0.05, 0) is 86.6 Å². The summed E-state index contributed by atoms with van der Waals surface area (Å²) in [6.45, 7) is 11.0. The SMILES string of the molecule is C=N/C(=N\SCCCSc1ccc(OC(C)C(=O)O)c(C)c1)c1ccc(Cl)c(Cl)c1.CC. The third-order valence-electron chi connectivity index (χ3n) is 3.93. The van der Waals surface area contributed by atoms with Gasteiger partial charge < -0.3 is 9.84 Å². The lowest BCUT2D eigenvalue weighted by Crippen LogP contribution is -2.23. The second-order valence-electron chi connectivity index (χ2n) is 6.26. The number of carboxylic acids is 1. The third kappa shape index (κ3) is 9.45. The molecule has 2 rings (SSSR count). The van der Waals surface area contributed by atoms with Crippen molar-refractivity contribution in [3.63, 3.8) is 0 Å². The molecule has 0 spiro atoms. The van der Waals surface area contributed by atoms with E-state index in [0.717, 1.165) is 33.9 Å². The average Bonchev–Trinajstić information content (AvgIpc) is 2.78. The number of aliphatic carboxylic acids is 1. The van der Waals surface area contributed by atoms with Crippen LogP contribution in [-0.4, -0.2) is 41.2 Å². The minimum Gasteiger partial charge on any atom is -0.479 e. The molecule has 174 valence electrons. The van der Waals surface area contributed by atoms with Crippen molar-refractivity contribution in [3.8, 4) is 5.75 Å². The van der Waals surface area contributed by atoms with E-state index in [9.17, 15) is 4.79 Å². The van der Waals surface area contributed by atoms with Gasteiger partial charge in [0.15, 0.2) is 11.9 Å². The van der Waals surface area contributed by atoms with E-state index in [4.69, 9.17) is 33.0 Å². The number of halogens is 2. The van der Waals surface area contributed by atoms with E-state index in [-0.39, 0.29) is 0 Å². The third-order valence-corrected chi connectivity index (χ3v) is 6.52. The molecule has 0 heterocycles. The minimum absolute atomic E-state index is 0.455. The van der Waals surface area contributed by atoms with Crippen molar-refractivity contribution in [2.45, 2.75) is 45.1 Å². The highest BCUT2D eigenvalue weighted by Gasteiger charge is 2.13. The Balaban J connectivity index is 0.00000249. The van der Waals surface area contributed by atoms with Crippen LogP contribution in [0.15, 0.2) is 50.7 Å². The van der Waals surface area contributed by atoms with Gasteiger partial charge in [-0.1, -0.05) is 37.0 Å². The van der Waals surface area contributed by atoms with Gasteiger partial charge in [0.05, 0.1) is 10.0 Å². The molecule has 0 bridgehead atoms. The number of benzene rings is 2. The molecule has 0 fully saturated rings. The lowest BCUT2D eigenvalue weighted by Gasteiger charge is -2.13. The van der Waals surface area contributed by atoms with Crippen LogP contribution in [0.3, 0.4) is 0 Å². The van der Waals surface area contributed by atoms with Crippen LogP contribution in [0.25, 0.3) is 0 Å². The van der Waals surface area contributed by atoms with Crippen molar-refractivity contribution in [2.75, 3.05) is 11.5 Å². The maximum absolute atomic E-state index is 10.9. The molecular weight excluding hydrogens is 487 g/mol. The number of thioether (sulfide) groups is 1. The summed E-state index contributed by atoms with van der Waals surface area (Å²) >= 11 is 15.1. The Morgan fingerprint density at radius 1 is 1.16 bits per heavy atom. The summed E-state index contributed by atoms with van der Waals surface area (Å²) in [6.07, 6.45) is 0.0801. The molecular formula is C23H28Cl2N2O3S2. The molecule has 1 atom stereocenters. The summed E-state index contributed by atoms with van der Waals surface area (Å²) < 4.78 is 9.87. The van der Waals surface area contributed by atoms with Gasteiger partial charge in [0.25, 0.3) is 0 Å². The smallest absolute Gasteiger partial charge is 0.344 e. The van der Waals surface area contributed by atoms with Gasteiger partial charge in [-0.3, -0.25) is 0 Å². The van der Waals surface area contributed by atoms with Crippen LogP contribution in [-0.2, 0) is 4.79 Å². The van der Waals surface area contributed by atoms with Crippen LogP contribution in [0.5, 0.6) is 5.75 Å². The summed E-state index contributed by atoms with van der Waals surface area (Å²) in [4.78, 5) is 16.0. The summed E-state index contributed by atoms with van der Waals surface area (Å²) in [5.41, 5.74) is 1.69. The lowest BCUT2D eigenvalue weighted by atomic mass is 10.2. The molecule has 9 heteroatoms. The fourth-order valence-electron chi connectivity index (χ4n) is 2.31. The van der Waals surface area contributed by atoms with Crippen LogP contribution in [0.1, 0.15) is 38.3 Å². The van der Waals surface area contributed by atoms with Gasteiger partial charge in [0.1, 0.15) is 5.75 Å². The van der Waals surface area contributed by atoms with Gasteiger partial charge in [-0.15, -0.1) is 11.8 Å². The van der Waals surface area contributed by atoms with Crippen molar-refractivity contribution in [2.24, 2.45) is 9.39 Å². The topological polar surface area (TPSA) is 71.2 Å². The van der Waals surface area contributed by atoms with E-state index >= 15 is 0 Å². The fourth-order valence-corrected chi connectivity index (χ4v) is 4.39. The van der Waals surface area contributed by atoms with Crippen molar-refractivity contribution >= 4 is 65.4 Å². The lowest BCUT2D eigenvalue weighted by molar-refractivity contribution is -0.144. The number of nitrogens with zero attached hydrogens (tertiary/aromatic N) is 2. The molecule has 0 amide bonds. The number of carboxylic acid groups (broad SMARTS) is 1. The number of aryl methyl sites for hydroxylation is 1. The number of ether oxygens (including phenoxy) is 1. The van der Waals surface area contributed by atoms with E-state index in [0.29, 0.717) is 21.6 Å². The Hall–Kier alpha value is -1.67. The maximum Gasteiger partial charge on any atom is 0.344 e. The normalized spacial score (nSPS) is 11.9. The van der Waals surface area contributed by atoms with Crippen molar-refractivity contribution < 1.29 is 14.6 Å². The molecule has 0 aliphatic rings. The Morgan fingerprint density at radius 2 is 1.88 bits per heavy atom. The summed E-state index contributed by atoms with van der Waals surface area (Å²) in [6, 6.07) is 11.0. The first kappa shape index (κ1) is 28.4. The quantitative estimate of drug-likeness (QED) is 0.117. The number of hydrogen-bond donors (Lipinski definition) is 1. The first-order valence-corrected chi connectivity index (χ1v) is 12.7. The molecule has 1 N–H and O–H groups in total. The zero-order valence-corrected chi connectivity index (χ0v) is 21.7. The van der Waals surface area contributed by atoms with Gasteiger partial charge in [-0.25, -0.2) is 9.79 Å². The van der Waals surface area contributed by atoms with Crippen LogP contribution >= 0.6 is 46.9 Å². The summed E-state index contributed by atoms with van der Waals surface area (Å²) in [7, 11) is 0. The molecule has 2 aromatic carbocycles. The van der Waals surface area contributed by atoms with E-state index in [1.54, 1.807) is 23.9 Å². The van der Waals surface area contributed by atoms with E-state index in [1.165, 1.54) is 18.9 Å². The van der Waals surface area contributed by atoms with Gasteiger partial charge >= 0.3 is 5.97 Å². The molecule has 0 radical (unpaired) electrons. The Labute approximate surface area is 208 Å². The average molecular weight is 516 g/mol. The molecule has 32 heavy (non-hydrogen) atoms. The minimum atomic E-state index is -0.984. The number of amidine groups is 1. The number of carbonyl (C=O) groups is 1. The van der Waals surface area contributed by atoms with E-state index < -0.39 is 12.1 Å². The van der Waals surface area contributed by atoms with Crippen LogP contribution in [0.4, 0.5) is 0 Å². The van der Waals surface area contributed by atoms with E-state index in [2.05, 4.69) is 16.1 Å². The zero-order chi connectivity index (χ0) is 24.1. The Bertz CT molecular complexity index is 939. The molecule has 0 aromatic heterocycles. The number of aliphatic imine (C=N–C) groups is 1. The Kier molecular flexibility index (Phi) is 13.5. The number of hydrogen-bond acceptors (Lipinski definition) is 5. The van der Waals surface area contributed by atoms with Gasteiger partial charge in [-0.2, -0.15) is 4.40 Å². The highest BCUT2D eigenvalue weighted by molar-refractivity contribution is 7.99. The van der Waals surface area contributed by atoms with Gasteiger partial charge in [0, 0.05) is 16.2 Å². The fraction of sp³-hybridized carbons (Fsp3) is 0.348. The highest BCUT2D eigenvalue weighted by atomic mass is 35.5. The van der Waals surface area contributed by atoms with Crippen molar-refractivity contribution in [1.82, 2.24) is 0 Å². The summed E-state index contributed by atoms with van der Waals surface area (Å²) in [5, 5.41) is 9.89. The molecule has 0 saturated carbocycles. The van der Waals surface area contributed by atoms with Crippen molar-refractivity contribution in [3.05, 3.63) is 57.6 Å². The van der Waals surface area contributed by atoms with Crippen LogP contribution < -0.4 is 4.74 Å². The first-order valence-electron chi connectivity index (χ1n) is 10.1. The number of rotatable bonds is 10. The second-order valence-corrected chi connectivity index (χ2v) is 9.09. The van der Waals surface area contributed by atoms with Crippen LogP contribution in [0, 0.1) is 6.92 Å². The predicted molar refractivity (Wildman–Crippen MR) is 141 cm³/mol. The predicted octanol–water partition coefficient (Wildman–Crippen LogP) is 7.46. The molecule has 1 unspecified atom stereocenters. The Morgan fingerprint density at radius 3 is 2.47 bits per heavy atom. The second kappa shape index (κ2) is 15.2. The maximum atomic E-state index is 10.9. The zero-order valence-electron chi connectivity index (χ0n) is 18.6.